The average molecular weight is 477 g/mol. The lowest BCUT2D eigenvalue weighted by molar-refractivity contribution is -0.126. The predicted molar refractivity (Wildman–Crippen MR) is 115 cm³/mol. The maximum atomic E-state index is 14.9. The number of phenols is 1. The molecule has 9 heteroatoms. The van der Waals surface area contributed by atoms with Crippen molar-refractivity contribution < 1.29 is 23.5 Å². The Balaban J connectivity index is 0.000000628. The third-order valence-electron chi connectivity index (χ3n) is 6.90. The van der Waals surface area contributed by atoms with E-state index in [0.29, 0.717) is 37.7 Å². The average Bonchev–Trinajstić information content (AvgIpc) is 3.42. The lowest BCUT2D eigenvalue weighted by Crippen LogP contribution is -2.41. The van der Waals surface area contributed by atoms with Crippen LogP contribution < -0.4 is 11.1 Å². The van der Waals surface area contributed by atoms with Gasteiger partial charge in [-0.15, -0.1) is 0 Å². The minimum atomic E-state index is -1.21. The first-order valence-corrected chi connectivity index (χ1v) is 11.4. The molecule has 0 saturated heterocycles. The summed E-state index contributed by atoms with van der Waals surface area (Å²) in [4.78, 5) is 22.1. The van der Waals surface area contributed by atoms with Crippen LogP contribution in [0.4, 0.5) is 8.78 Å². The number of carbonyl (C=O) groups is 2. The third kappa shape index (κ3) is 4.92. The number of aromatic hydroxyl groups is 1. The van der Waals surface area contributed by atoms with Gasteiger partial charge >= 0.3 is 0 Å². The number of hydrogen-bond acceptors (Lipinski definition) is 3. The van der Waals surface area contributed by atoms with Gasteiger partial charge in [0.25, 0.3) is 0 Å². The molecule has 0 aliphatic heterocycles. The summed E-state index contributed by atoms with van der Waals surface area (Å²) >= 11 is 12.3. The van der Waals surface area contributed by atoms with Gasteiger partial charge in [0.1, 0.15) is 5.67 Å². The summed E-state index contributed by atoms with van der Waals surface area (Å²) in [5.41, 5.74) is 3.15. The molecule has 3 aliphatic rings. The molecule has 1 unspecified atom stereocenters. The Morgan fingerprint density at radius 2 is 1.74 bits per heavy atom. The molecule has 1 aromatic carbocycles. The van der Waals surface area contributed by atoms with Gasteiger partial charge in [0.15, 0.2) is 11.6 Å². The number of rotatable bonds is 4. The number of alkyl halides is 1. The second-order valence-electron chi connectivity index (χ2n) is 9.15. The number of carbonyl (C=O) groups excluding carboxylic acids is 2. The zero-order valence-corrected chi connectivity index (χ0v) is 19.0. The molecule has 0 spiro atoms. The van der Waals surface area contributed by atoms with E-state index in [9.17, 15) is 23.5 Å². The zero-order valence-electron chi connectivity index (χ0n) is 17.4. The van der Waals surface area contributed by atoms with Gasteiger partial charge in [-0.3, -0.25) is 9.59 Å². The Morgan fingerprint density at radius 1 is 1.19 bits per heavy atom. The summed E-state index contributed by atoms with van der Waals surface area (Å²) < 4.78 is 28.8. The molecule has 0 heterocycles. The van der Waals surface area contributed by atoms with Crippen molar-refractivity contribution in [3.63, 3.8) is 0 Å². The number of fused-ring (bicyclic) bond motifs is 2. The number of hydrogen-bond donors (Lipinski definition) is 3. The maximum Gasteiger partial charge on any atom is 0.223 e. The van der Waals surface area contributed by atoms with Crippen molar-refractivity contribution in [1.82, 2.24) is 5.32 Å². The van der Waals surface area contributed by atoms with Crippen LogP contribution in [0.5, 0.6) is 5.75 Å². The Labute approximate surface area is 190 Å². The first-order chi connectivity index (χ1) is 14.5. The fourth-order valence-electron chi connectivity index (χ4n) is 5.40. The topological polar surface area (TPSA) is 92.4 Å². The molecule has 2 amide bonds. The number of halogens is 4. The van der Waals surface area contributed by atoms with Crippen LogP contribution in [0.3, 0.4) is 0 Å². The van der Waals surface area contributed by atoms with E-state index < -0.39 is 28.7 Å². The molecule has 31 heavy (non-hydrogen) atoms. The smallest absolute Gasteiger partial charge is 0.223 e. The van der Waals surface area contributed by atoms with Gasteiger partial charge in [-0.05, 0) is 62.0 Å². The summed E-state index contributed by atoms with van der Waals surface area (Å²) in [6.07, 6.45) is 6.17. The molecule has 0 aromatic heterocycles. The lowest BCUT2D eigenvalue weighted by Gasteiger charge is -2.37. The normalized spacial score (nSPS) is 28.2. The van der Waals surface area contributed by atoms with E-state index in [0.717, 1.165) is 25.7 Å². The summed E-state index contributed by atoms with van der Waals surface area (Å²) in [7, 11) is 0. The number of nitrogens with two attached hydrogens (primary N) is 1. The molecule has 0 radical (unpaired) electrons. The summed E-state index contributed by atoms with van der Waals surface area (Å²) in [6.45, 7) is 1.31. The van der Waals surface area contributed by atoms with Crippen molar-refractivity contribution >= 4 is 35.0 Å². The quantitative estimate of drug-likeness (QED) is 0.511. The highest BCUT2D eigenvalue weighted by Gasteiger charge is 2.59. The fourth-order valence-corrected chi connectivity index (χ4v) is 5.85. The van der Waals surface area contributed by atoms with Crippen LogP contribution in [0.2, 0.25) is 10.0 Å². The molecule has 172 valence electrons. The van der Waals surface area contributed by atoms with E-state index in [4.69, 9.17) is 23.2 Å². The zero-order chi connectivity index (χ0) is 23.0. The largest absolute Gasteiger partial charge is 0.505 e. The van der Waals surface area contributed by atoms with E-state index in [1.54, 1.807) is 0 Å². The van der Waals surface area contributed by atoms with Crippen LogP contribution in [0.15, 0.2) is 6.07 Å². The summed E-state index contributed by atoms with van der Waals surface area (Å²) in [6, 6.07) is 0.635. The highest BCUT2D eigenvalue weighted by Crippen LogP contribution is 2.64. The van der Waals surface area contributed by atoms with Crippen molar-refractivity contribution in [1.29, 1.82) is 0 Å². The molecule has 4 rings (SSSR count). The number of benzene rings is 1. The number of primary amides is 1. The van der Waals surface area contributed by atoms with Crippen LogP contribution >= 0.6 is 23.2 Å². The second kappa shape index (κ2) is 9.10. The molecule has 3 saturated carbocycles. The molecule has 1 aromatic rings. The molecule has 3 aliphatic carbocycles. The van der Waals surface area contributed by atoms with E-state index >= 15 is 0 Å². The second-order valence-corrected chi connectivity index (χ2v) is 9.91. The highest BCUT2D eigenvalue weighted by molar-refractivity contribution is 6.42. The molecule has 5 nitrogen and oxygen atoms in total. The molecule has 4 N–H and O–H groups in total. The van der Waals surface area contributed by atoms with Crippen molar-refractivity contribution in [3.05, 3.63) is 27.5 Å². The van der Waals surface area contributed by atoms with Crippen molar-refractivity contribution in [2.45, 2.75) is 76.4 Å². The van der Waals surface area contributed by atoms with Gasteiger partial charge in [-0.2, -0.15) is 0 Å². The maximum absolute atomic E-state index is 14.9. The van der Waals surface area contributed by atoms with Crippen molar-refractivity contribution in [2.75, 3.05) is 0 Å². The van der Waals surface area contributed by atoms with E-state index in [1.165, 1.54) is 13.0 Å². The van der Waals surface area contributed by atoms with Crippen LogP contribution in [-0.4, -0.2) is 22.6 Å². The Hall–Kier alpha value is -1.60. The molecule has 1 atom stereocenters. The van der Waals surface area contributed by atoms with Crippen molar-refractivity contribution in [2.24, 2.45) is 17.1 Å². The first-order valence-electron chi connectivity index (χ1n) is 10.6. The Morgan fingerprint density at radius 3 is 2.23 bits per heavy atom. The van der Waals surface area contributed by atoms with Crippen molar-refractivity contribution in [3.8, 4) is 5.75 Å². The molecule has 3 fully saturated rings. The SMILES string of the molecule is CC(N)=O.O=C(NC(c1cc(O)c(F)c(Cl)c1Cl)C12CCC(F)(CC1)C2)C1CCCC1. The molecule has 2 bridgehead atoms. The van der Waals surface area contributed by atoms with Gasteiger partial charge in [-0.1, -0.05) is 36.0 Å². The standard InChI is InChI=1S/C20H23Cl2F2NO2.C2H5NO/c21-14-12(9-13(26)16(23)15(14)22)17(25-18(27)11-3-1-2-4-11)19-5-7-20(24,10-19)8-6-19;1-2(3)4/h9,11,17,26H,1-8,10H2,(H,25,27);1H3,(H2,3,4). The van der Waals surface area contributed by atoms with Crippen LogP contribution in [-0.2, 0) is 9.59 Å². The molecular formula is C22H28Cl2F2N2O3. The van der Waals surface area contributed by atoms with E-state index in [-0.39, 0.29) is 27.8 Å². The first kappa shape index (κ1) is 24.1. The van der Waals surface area contributed by atoms with Gasteiger partial charge < -0.3 is 16.2 Å². The minimum Gasteiger partial charge on any atom is -0.505 e. The van der Waals surface area contributed by atoms with Crippen LogP contribution in [0, 0.1) is 17.2 Å². The highest BCUT2D eigenvalue weighted by atomic mass is 35.5. The Bertz CT molecular complexity index is 863. The summed E-state index contributed by atoms with van der Waals surface area (Å²) in [5, 5.41) is 12.6. The predicted octanol–water partition coefficient (Wildman–Crippen LogP) is 5.35. The Kier molecular flexibility index (Phi) is 7.06. The number of nitrogens with one attached hydrogen (secondary N) is 1. The minimum absolute atomic E-state index is 0.0266. The monoisotopic (exact) mass is 476 g/mol. The number of phenolic OH excluding ortho intramolecular Hbond substituents is 1. The van der Waals surface area contributed by atoms with Crippen LogP contribution in [0.25, 0.3) is 0 Å². The van der Waals surface area contributed by atoms with Crippen LogP contribution in [0.1, 0.15) is 76.3 Å². The van der Waals surface area contributed by atoms with Gasteiger partial charge in [0, 0.05) is 12.8 Å². The van der Waals surface area contributed by atoms with Gasteiger partial charge in [0.05, 0.1) is 16.1 Å². The fraction of sp³-hybridized carbons (Fsp3) is 0.636. The summed E-state index contributed by atoms with van der Waals surface area (Å²) in [5.74, 6) is -2.07. The molecular weight excluding hydrogens is 449 g/mol. The number of amides is 2. The lowest BCUT2D eigenvalue weighted by atomic mass is 9.74. The third-order valence-corrected chi connectivity index (χ3v) is 7.76. The van der Waals surface area contributed by atoms with E-state index in [1.807, 2.05) is 0 Å². The van der Waals surface area contributed by atoms with Gasteiger partial charge in [0.2, 0.25) is 11.8 Å². The van der Waals surface area contributed by atoms with Gasteiger partial charge in [-0.25, -0.2) is 8.78 Å². The van der Waals surface area contributed by atoms with E-state index in [2.05, 4.69) is 11.1 Å².